The molecular formula is C29H38ClN3O5. The molecule has 5 atom stereocenters. The average molecular weight is 544 g/mol. The Morgan fingerprint density at radius 1 is 1.21 bits per heavy atom. The van der Waals surface area contributed by atoms with E-state index in [1.54, 1.807) is 17.0 Å². The zero-order valence-electron chi connectivity index (χ0n) is 22.4. The van der Waals surface area contributed by atoms with Crippen LogP contribution in [0.5, 0.6) is 0 Å². The molecule has 3 aliphatic heterocycles. The fourth-order valence-electron chi connectivity index (χ4n) is 6.49. The highest BCUT2D eigenvalue weighted by molar-refractivity contribution is 6.31. The maximum Gasteiger partial charge on any atom is 0.246 e. The Bertz CT molecular complexity index is 1120. The zero-order chi connectivity index (χ0) is 27.0. The summed E-state index contributed by atoms with van der Waals surface area (Å²) in [6.07, 6.45) is 9.02. The standard InChI is InChI=1S/C29H38ClN3O5/c1-17(2)37-15-7-14-33-25(27(35)31-19-8-5-4-6-9-19)29-13-12-22(38-29)23(24(29)28(33)36)26(34)32-20-11-10-18(3)21(30)16-20/h10-13,16-17,19,22-25H,4-9,14-15H2,1-3H3,(H,31,35)(H,32,34)/t22-,23+,24-,25-,29-/m1/s1. The number of halogens is 1. The number of anilines is 1. The molecule has 3 heterocycles. The number of benzene rings is 1. The second-order valence-electron chi connectivity index (χ2n) is 11.3. The van der Waals surface area contributed by atoms with Crippen LogP contribution < -0.4 is 10.6 Å². The Labute approximate surface area is 229 Å². The molecule has 2 bridgehead atoms. The zero-order valence-corrected chi connectivity index (χ0v) is 23.1. The lowest BCUT2D eigenvalue weighted by Crippen LogP contribution is -2.56. The molecule has 5 rings (SSSR count). The van der Waals surface area contributed by atoms with Gasteiger partial charge in [-0.2, -0.15) is 0 Å². The van der Waals surface area contributed by atoms with Crippen LogP contribution in [0.25, 0.3) is 0 Å². The van der Waals surface area contributed by atoms with E-state index in [0.717, 1.165) is 31.2 Å². The van der Waals surface area contributed by atoms with Gasteiger partial charge in [-0.3, -0.25) is 14.4 Å². The Morgan fingerprint density at radius 3 is 2.68 bits per heavy atom. The van der Waals surface area contributed by atoms with Gasteiger partial charge in [0.1, 0.15) is 11.6 Å². The van der Waals surface area contributed by atoms with Gasteiger partial charge in [0.2, 0.25) is 17.7 Å². The molecule has 1 aromatic rings. The van der Waals surface area contributed by atoms with Gasteiger partial charge in [0, 0.05) is 29.9 Å². The van der Waals surface area contributed by atoms with Gasteiger partial charge in [-0.1, -0.05) is 49.1 Å². The predicted octanol–water partition coefficient (Wildman–Crippen LogP) is 4.00. The Balaban J connectivity index is 1.39. The largest absolute Gasteiger partial charge is 0.379 e. The Morgan fingerprint density at radius 2 is 1.97 bits per heavy atom. The second-order valence-corrected chi connectivity index (χ2v) is 11.7. The molecule has 0 unspecified atom stereocenters. The molecule has 8 nitrogen and oxygen atoms in total. The number of hydrogen-bond acceptors (Lipinski definition) is 5. The molecule has 1 aromatic carbocycles. The van der Waals surface area contributed by atoms with Gasteiger partial charge in [-0.25, -0.2) is 0 Å². The molecule has 1 saturated carbocycles. The lowest BCUT2D eigenvalue weighted by atomic mass is 9.74. The second kappa shape index (κ2) is 11.0. The number of carbonyl (C=O) groups excluding carboxylic acids is 3. The first-order valence-corrected chi connectivity index (χ1v) is 14.3. The van der Waals surface area contributed by atoms with Gasteiger partial charge in [0.05, 0.1) is 24.0 Å². The van der Waals surface area contributed by atoms with E-state index in [0.29, 0.717) is 30.3 Å². The molecule has 2 N–H and O–H groups in total. The van der Waals surface area contributed by atoms with Crippen LogP contribution in [0.2, 0.25) is 5.02 Å². The quantitative estimate of drug-likeness (QED) is 0.362. The first kappa shape index (κ1) is 27.2. The van der Waals surface area contributed by atoms with E-state index in [-0.39, 0.29) is 29.9 Å². The lowest BCUT2D eigenvalue weighted by Gasteiger charge is -2.34. The van der Waals surface area contributed by atoms with Gasteiger partial charge in [0.25, 0.3) is 0 Å². The van der Waals surface area contributed by atoms with Crippen molar-refractivity contribution in [2.45, 2.75) is 89.2 Å². The first-order valence-electron chi connectivity index (χ1n) is 13.9. The minimum atomic E-state index is -1.16. The summed E-state index contributed by atoms with van der Waals surface area (Å²) in [5.41, 5.74) is 0.308. The van der Waals surface area contributed by atoms with E-state index in [1.807, 2.05) is 39.0 Å². The average Bonchev–Trinajstić information content (AvgIpc) is 3.52. The fraction of sp³-hybridized carbons (Fsp3) is 0.621. The number of ether oxygens (including phenoxy) is 2. The summed E-state index contributed by atoms with van der Waals surface area (Å²) in [5.74, 6) is -2.24. The highest BCUT2D eigenvalue weighted by Crippen LogP contribution is 2.55. The van der Waals surface area contributed by atoms with Crippen LogP contribution in [-0.2, 0) is 23.9 Å². The van der Waals surface area contributed by atoms with Crippen molar-refractivity contribution in [1.29, 1.82) is 0 Å². The maximum absolute atomic E-state index is 14.0. The van der Waals surface area contributed by atoms with E-state index in [1.165, 1.54) is 6.42 Å². The molecule has 3 amide bonds. The summed E-state index contributed by atoms with van der Waals surface area (Å²) in [5, 5.41) is 6.69. The molecule has 9 heteroatoms. The highest BCUT2D eigenvalue weighted by Gasteiger charge is 2.72. The number of nitrogens with zero attached hydrogens (tertiary/aromatic N) is 1. The SMILES string of the molecule is Cc1ccc(NC(=O)[C@H]2[C@H]3C=C[C@@]4(O3)[C@H]2C(=O)N(CCCOC(C)C)[C@@H]4C(=O)NC2CCCCC2)cc1Cl. The number of amides is 3. The van der Waals surface area contributed by atoms with Gasteiger partial charge >= 0.3 is 0 Å². The summed E-state index contributed by atoms with van der Waals surface area (Å²) in [4.78, 5) is 43.0. The van der Waals surface area contributed by atoms with Gasteiger partial charge in [-0.05, 0) is 57.7 Å². The third-order valence-corrected chi connectivity index (χ3v) is 8.72. The highest BCUT2D eigenvalue weighted by atomic mass is 35.5. The van der Waals surface area contributed by atoms with Crippen LogP contribution in [0, 0.1) is 18.8 Å². The summed E-state index contributed by atoms with van der Waals surface area (Å²) in [6, 6.07) is 4.60. The number of rotatable bonds is 9. The van der Waals surface area contributed by atoms with E-state index >= 15 is 0 Å². The molecule has 0 aromatic heterocycles. The van der Waals surface area contributed by atoms with E-state index in [4.69, 9.17) is 21.1 Å². The Hall–Kier alpha value is -2.42. The third kappa shape index (κ3) is 4.98. The van der Waals surface area contributed by atoms with E-state index in [9.17, 15) is 14.4 Å². The minimum absolute atomic E-state index is 0.0814. The van der Waals surface area contributed by atoms with Crippen molar-refractivity contribution in [3.8, 4) is 0 Å². The van der Waals surface area contributed by atoms with Crippen LogP contribution >= 0.6 is 11.6 Å². The lowest BCUT2D eigenvalue weighted by molar-refractivity contribution is -0.141. The maximum atomic E-state index is 14.0. The molecular weight excluding hydrogens is 506 g/mol. The smallest absolute Gasteiger partial charge is 0.246 e. The van der Waals surface area contributed by atoms with Crippen LogP contribution in [-0.4, -0.2) is 65.7 Å². The summed E-state index contributed by atoms with van der Waals surface area (Å²) < 4.78 is 12.1. The number of carbonyl (C=O) groups is 3. The third-order valence-electron chi connectivity index (χ3n) is 8.31. The van der Waals surface area contributed by atoms with Gasteiger partial charge in [-0.15, -0.1) is 0 Å². The van der Waals surface area contributed by atoms with Crippen molar-refractivity contribution in [2.75, 3.05) is 18.5 Å². The molecule has 4 aliphatic rings. The van der Waals surface area contributed by atoms with Crippen LogP contribution in [0.3, 0.4) is 0 Å². The molecule has 1 spiro atoms. The van der Waals surface area contributed by atoms with Crippen molar-refractivity contribution < 1.29 is 23.9 Å². The van der Waals surface area contributed by atoms with Crippen molar-refractivity contribution in [1.82, 2.24) is 10.2 Å². The predicted molar refractivity (Wildman–Crippen MR) is 145 cm³/mol. The molecule has 1 aliphatic carbocycles. The fourth-order valence-corrected chi connectivity index (χ4v) is 6.67. The van der Waals surface area contributed by atoms with Crippen molar-refractivity contribution in [3.05, 3.63) is 40.9 Å². The monoisotopic (exact) mass is 543 g/mol. The normalized spacial score (nSPS) is 30.2. The Kier molecular flexibility index (Phi) is 7.85. The number of nitrogens with one attached hydrogen (secondary N) is 2. The van der Waals surface area contributed by atoms with E-state index < -0.39 is 29.6 Å². The van der Waals surface area contributed by atoms with Crippen LogP contribution in [0.4, 0.5) is 5.69 Å². The van der Waals surface area contributed by atoms with Crippen molar-refractivity contribution >= 4 is 35.0 Å². The summed E-state index contributed by atoms with van der Waals surface area (Å²) in [7, 11) is 0. The van der Waals surface area contributed by atoms with E-state index in [2.05, 4.69) is 10.6 Å². The molecule has 0 radical (unpaired) electrons. The van der Waals surface area contributed by atoms with Crippen molar-refractivity contribution in [2.24, 2.45) is 11.8 Å². The van der Waals surface area contributed by atoms with Gasteiger partial charge in [0.15, 0.2) is 0 Å². The van der Waals surface area contributed by atoms with Gasteiger partial charge < -0.3 is 25.0 Å². The van der Waals surface area contributed by atoms with Crippen LogP contribution in [0.1, 0.15) is 57.9 Å². The molecule has 3 fully saturated rings. The minimum Gasteiger partial charge on any atom is -0.379 e. The summed E-state index contributed by atoms with van der Waals surface area (Å²) >= 11 is 6.26. The van der Waals surface area contributed by atoms with Crippen LogP contribution in [0.15, 0.2) is 30.4 Å². The molecule has 2 saturated heterocycles. The topological polar surface area (TPSA) is 97.0 Å². The van der Waals surface area contributed by atoms with Crippen molar-refractivity contribution in [3.63, 3.8) is 0 Å². The number of hydrogen-bond donors (Lipinski definition) is 2. The summed E-state index contributed by atoms with van der Waals surface area (Å²) in [6.45, 7) is 6.66. The molecule has 38 heavy (non-hydrogen) atoms. The number of aryl methyl sites for hydroxylation is 1. The number of likely N-dealkylation sites (tertiary alicyclic amines) is 1. The molecule has 206 valence electrons. The number of fused-ring (bicyclic) bond motifs is 1. The first-order chi connectivity index (χ1) is 18.2.